The van der Waals surface area contributed by atoms with Crippen molar-refractivity contribution < 1.29 is 9.53 Å². The van der Waals surface area contributed by atoms with Crippen LogP contribution in [0.4, 0.5) is 0 Å². The van der Waals surface area contributed by atoms with E-state index in [-0.39, 0.29) is 5.97 Å². The number of ether oxygens (including phenoxy) is 1. The number of aromatic amines is 1. The molecule has 1 aromatic carbocycles. The molecule has 3 nitrogen and oxygen atoms in total. The Hall–Kier alpha value is -0.940. The first-order chi connectivity index (χ1) is 11.2. The van der Waals surface area contributed by atoms with Gasteiger partial charge >= 0.3 is 5.97 Å². The van der Waals surface area contributed by atoms with E-state index in [1.54, 1.807) is 0 Å². The number of thioether (sulfide) groups is 1. The number of fused-ring (bicyclic) bond motifs is 3. The lowest BCUT2D eigenvalue weighted by molar-refractivity contribution is 0.0528. The Kier molecular flexibility index (Phi) is 4.18. The van der Waals surface area contributed by atoms with Crippen molar-refractivity contribution >= 4 is 44.6 Å². The number of halogens is 1. The summed E-state index contributed by atoms with van der Waals surface area (Å²) in [5, 5.41) is 2.81. The number of aromatic nitrogens is 1. The highest BCUT2D eigenvalue weighted by Gasteiger charge is 2.36. The van der Waals surface area contributed by atoms with Gasteiger partial charge in [-0.3, -0.25) is 0 Å². The van der Waals surface area contributed by atoms with Gasteiger partial charge in [-0.05, 0) is 56.2 Å². The second-order valence-corrected chi connectivity index (χ2v) is 8.99. The standard InChI is InChI=1S/C18H20BrNO2S/c1-2-22-18(21)15-8-11(19)7-14-16(9-20-17(14)15)10-5-12-3-4-13(6-10)23-12/h7-10,12-13,20H,2-6H2,1H3. The predicted octanol–water partition coefficient (Wildman–Crippen LogP) is 5.25. The summed E-state index contributed by atoms with van der Waals surface area (Å²) < 4.78 is 6.14. The molecule has 1 N–H and O–H groups in total. The fourth-order valence-corrected chi connectivity index (χ4v) is 6.27. The zero-order valence-corrected chi connectivity index (χ0v) is 15.5. The first kappa shape index (κ1) is 15.6. The van der Waals surface area contributed by atoms with Crippen LogP contribution >= 0.6 is 27.7 Å². The third-order valence-corrected chi connectivity index (χ3v) is 7.10. The number of nitrogens with one attached hydrogen (secondary N) is 1. The molecule has 0 saturated carbocycles. The van der Waals surface area contributed by atoms with E-state index < -0.39 is 0 Å². The molecule has 122 valence electrons. The van der Waals surface area contributed by atoms with Gasteiger partial charge in [-0.25, -0.2) is 4.79 Å². The summed E-state index contributed by atoms with van der Waals surface area (Å²) in [6.45, 7) is 2.23. The molecule has 0 aliphatic carbocycles. The summed E-state index contributed by atoms with van der Waals surface area (Å²) in [4.78, 5) is 15.6. The average molecular weight is 394 g/mol. The normalized spacial score (nSPS) is 26.6. The van der Waals surface area contributed by atoms with Crippen LogP contribution in [0.25, 0.3) is 10.9 Å². The third kappa shape index (κ3) is 2.82. The first-order valence-corrected chi connectivity index (χ1v) is 10.0. The molecular weight excluding hydrogens is 374 g/mol. The zero-order valence-electron chi connectivity index (χ0n) is 13.1. The second kappa shape index (κ2) is 6.17. The second-order valence-electron chi connectivity index (χ2n) is 6.47. The SMILES string of the molecule is CCOC(=O)c1cc(Br)cc2c(C3CC4CCC(C3)S4)c[nH]c12. The molecule has 4 rings (SSSR count). The minimum Gasteiger partial charge on any atom is -0.462 e. The maximum Gasteiger partial charge on any atom is 0.340 e. The largest absolute Gasteiger partial charge is 0.462 e. The Labute approximate surface area is 148 Å². The lowest BCUT2D eigenvalue weighted by atomic mass is 9.90. The van der Waals surface area contributed by atoms with Crippen LogP contribution < -0.4 is 0 Å². The molecule has 2 aliphatic rings. The summed E-state index contributed by atoms with van der Waals surface area (Å²) in [6, 6.07) is 3.98. The Morgan fingerprint density at radius 1 is 1.35 bits per heavy atom. The molecule has 2 unspecified atom stereocenters. The van der Waals surface area contributed by atoms with Gasteiger partial charge in [0.2, 0.25) is 0 Å². The summed E-state index contributed by atoms with van der Waals surface area (Å²) in [5.41, 5.74) is 2.90. The fraction of sp³-hybridized carbons (Fsp3) is 0.500. The molecular formula is C18H20BrNO2S. The molecule has 0 spiro atoms. The molecule has 2 bridgehead atoms. The van der Waals surface area contributed by atoms with Gasteiger partial charge in [-0.2, -0.15) is 11.8 Å². The molecule has 2 aliphatic heterocycles. The van der Waals surface area contributed by atoms with Crippen LogP contribution in [-0.4, -0.2) is 28.1 Å². The van der Waals surface area contributed by atoms with Crippen LogP contribution in [0.3, 0.4) is 0 Å². The van der Waals surface area contributed by atoms with E-state index in [0.29, 0.717) is 18.1 Å². The minimum absolute atomic E-state index is 0.258. The summed E-state index contributed by atoms with van der Waals surface area (Å²) in [6.07, 6.45) is 7.36. The highest BCUT2D eigenvalue weighted by molar-refractivity contribution is 9.10. The van der Waals surface area contributed by atoms with Crippen LogP contribution in [0.1, 0.15) is 54.4 Å². The van der Waals surface area contributed by atoms with Gasteiger partial charge in [-0.1, -0.05) is 15.9 Å². The topological polar surface area (TPSA) is 42.1 Å². The lowest BCUT2D eigenvalue weighted by Gasteiger charge is -2.27. The molecule has 2 fully saturated rings. The number of rotatable bonds is 3. The molecule has 23 heavy (non-hydrogen) atoms. The van der Waals surface area contributed by atoms with Crippen molar-refractivity contribution in [3.63, 3.8) is 0 Å². The van der Waals surface area contributed by atoms with Gasteiger partial charge in [0.1, 0.15) is 0 Å². The Morgan fingerprint density at radius 3 is 2.78 bits per heavy atom. The maximum absolute atomic E-state index is 12.2. The number of esters is 1. The van der Waals surface area contributed by atoms with Crippen molar-refractivity contribution in [2.75, 3.05) is 6.61 Å². The van der Waals surface area contributed by atoms with Crippen LogP contribution in [0, 0.1) is 0 Å². The summed E-state index contributed by atoms with van der Waals surface area (Å²) in [5.74, 6) is 0.346. The van der Waals surface area contributed by atoms with E-state index in [0.717, 1.165) is 20.5 Å². The van der Waals surface area contributed by atoms with Gasteiger partial charge in [0.05, 0.1) is 17.7 Å². The van der Waals surface area contributed by atoms with Gasteiger partial charge in [-0.15, -0.1) is 0 Å². The van der Waals surface area contributed by atoms with Crippen molar-refractivity contribution in [2.24, 2.45) is 0 Å². The van der Waals surface area contributed by atoms with E-state index in [1.807, 2.05) is 13.0 Å². The number of benzene rings is 1. The van der Waals surface area contributed by atoms with Crippen LogP contribution in [0.15, 0.2) is 22.8 Å². The van der Waals surface area contributed by atoms with Gasteiger partial charge < -0.3 is 9.72 Å². The van der Waals surface area contributed by atoms with E-state index in [9.17, 15) is 4.79 Å². The average Bonchev–Trinajstić information content (AvgIpc) is 3.09. The Balaban J connectivity index is 1.76. The van der Waals surface area contributed by atoms with Crippen molar-refractivity contribution in [3.8, 4) is 0 Å². The molecule has 5 heteroatoms. The number of carbonyl (C=O) groups is 1. The quantitative estimate of drug-likeness (QED) is 0.724. The molecule has 1 aromatic heterocycles. The van der Waals surface area contributed by atoms with Crippen molar-refractivity contribution in [1.29, 1.82) is 0 Å². The van der Waals surface area contributed by atoms with E-state index >= 15 is 0 Å². The van der Waals surface area contributed by atoms with Gasteiger partial charge in [0.15, 0.2) is 0 Å². The Bertz CT molecular complexity index is 745. The fourth-order valence-electron chi connectivity index (χ4n) is 4.04. The van der Waals surface area contributed by atoms with Gasteiger partial charge in [0, 0.05) is 26.6 Å². The Morgan fingerprint density at radius 2 is 2.09 bits per heavy atom. The minimum atomic E-state index is -0.258. The number of H-pyrrole nitrogens is 1. The van der Waals surface area contributed by atoms with Crippen LogP contribution in [0.2, 0.25) is 0 Å². The van der Waals surface area contributed by atoms with Crippen molar-refractivity contribution in [3.05, 3.63) is 33.9 Å². The number of carbonyl (C=O) groups excluding carboxylic acids is 1. The molecule has 2 aromatic rings. The molecule has 0 radical (unpaired) electrons. The summed E-state index contributed by atoms with van der Waals surface area (Å²) >= 11 is 5.74. The van der Waals surface area contributed by atoms with E-state index in [2.05, 4.69) is 44.9 Å². The molecule has 3 heterocycles. The molecule has 2 atom stereocenters. The zero-order chi connectivity index (χ0) is 16.0. The van der Waals surface area contributed by atoms with Crippen molar-refractivity contribution in [1.82, 2.24) is 4.98 Å². The van der Waals surface area contributed by atoms with Crippen LogP contribution in [0.5, 0.6) is 0 Å². The molecule has 2 saturated heterocycles. The predicted molar refractivity (Wildman–Crippen MR) is 98.3 cm³/mol. The smallest absolute Gasteiger partial charge is 0.340 e. The van der Waals surface area contributed by atoms with Gasteiger partial charge in [0.25, 0.3) is 0 Å². The van der Waals surface area contributed by atoms with E-state index in [4.69, 9.17) is 4.74 Å². The highest BCUT2D eigenvalue weighted by atomic mass is 79.9. The van der Waals surface area contributed by atoms with Crippen LogP contribution in [-0.2, 0) is 4.74 Å². The number of hydrogen-bond acceptors (Lipinski definition) is 3. The van der Waals surface area contributed by atoms with E-state index in [1.165, 1.54) is 36.6 Å². The summed E-state index contributed by atoms with van der Waals surface area (Å²) in [7, 11) is 0. The monoisotopic (exact) mass is 393 g/mol. The lowest BCUT2D eigenvalue weighted by Crippen LogP contribution is -2.15. The third-order valence-electron chi connectivity index (χ3n) is 5.01. The maximum atomic E-state index is 12.2. The highest BCUT2D eigenvalue weighted by Crippen LogP contribution is 2.50. The number of hydrogen-bond donors (Lipinski definition) is 1. The first-order valence-electron chi connectivity index (χ1n) is 8.28. The van der Waals surface area contributed by atoms with Crippen molar-refractivity contribution in [2.45, 2.75) is 49.0 Å². The molecule has 0 amide bonds.